The van der Waals surface area contributed by atoms with E-state index in [1.807, 2.05) is 19.3 Å². The Kier molecular flexibility index (Phi) is 2.68. The van der Waals surface area contributed by atoms with Gasteiger partial charge in [0.1, 0.15) is 5.82 Å². The maximum atomic E-state index is 4.45. The van der Waals surface area contributed by atoms with E-state index in [-0.39, 0.29) is 0 Å². The maximum Gasteiger partial charge on any atom is 0.123 e. The minimum Gasteiger partial charge on any atom is -0.347 e. The van der Waals surface area contributed by atoms with Crippen molar-refractivity contribution in [3.05, 3.63) is 35.9 Å². The third-order valence-electron chi connectivity index (χ3n) is 3.33. The summed E-state index contributed by atoms with van der Waals surface area (Å²) in [6, 6.07) is 0.423. The van der Waals surface area contributed by atoms with E-state index >= 15 is 0 Å². The van der Waals surface area contributed by atoms with Crippen LogP contribution in [0.4, 0.5) is 0 Å². The molecule has 3 heterocycles. The number of aryl methyl sites for hydroxylation is 1. The van der Waals surface area contributed by atoms with Crippen LogP contribution in [-0.2, 0) is 6.54 Å². The van der Waals surface area contributed by atoms with Crippen molar-refractivity contribution < 1.29 is 0 Å². The van der Waals surface area contributed by atoms with Gasteiger partial charge in [-0.25, -0.2) is 9.97 Å². The Bertz CT molecular complexity index is 473. The van der Waals surface area contributed by atoms with E-state index in [1.165, 1.54) is 18.5 Å². The summed E-state index contributed by atoms with van der Waals surface area (Å²) in [6.07, 6.45) is 7.95. The Morgan fingerprint density at radius 1 is 1.47 bits per heavy atom. The van der Waals surface area contributed by atoms with Crippen molar-refractivity contribution in [2.75, 3.05) is 6.54 Å². The summed E-state index contributed by atoms with van der Waals surface area (Å²) in [6.45, 7) is 4.10. The van der Waals surface area contributed by atoms with Gasteiger partial charge in [0.2, 0.25) is 0 Å². The fraction of sp³-hybridized carbons (Fsp3) is 0.500. The van der Waals surface area contributed by atoms with Gasteiger partial charge in [-0.05, 0) is 26.3 Å². The van der Waals surface area contributed by atoms with Crippen LogP contribution in [0.2, 0.25) is 0 Å². The van der Waals surface area contributed by atoms with Crippen molar-refractivity contribution in [1.29, 1.82) is 0 Å². The number of imidazole rings is 2. The molecule has 5 heteroatoms. The third-order valence-corrected chi connectivity index (χ3v) is 3.33. The van der Waals surface area contributed by atoms with Gasteiger partial charge in [0.15, 0.2) is 0 Å². The lowest BCUT2D eigenvalue weighted by Crippen LogP contribution is -2.23. The van der Waals surface area contributed by atoms with Crippen LogP contribution < -0.4 is 0 Å². The summed E-state index contributed by atoms with van der Waals surface area (Å²) >= 11 is 0. The summed E-state index contributed by atoms with van der Waals surface area (Å²) in [4.78, 5) is 17.5. The normalized spacial score (nSPS) is 21.1. The minimum atomic E-state index is 0.423. The van der Waals surface area contributed by atoms with Crippen LogP contribution >= 0.6 is 0 Å². The van der Waals surface area contributed by atoms with Crippen molar-refractivity contribution >= 4 is 0 Å². The summed E-state index contributed by atoms with van der Waals surface area (Å²) in [7, 11) is 0. The molecule has 3 rings (SSSR count). The number of hydrogen-bond donors (Lipinski definition) is 2. The van der Waals surface area contributed by atoms with Gasteiger partial charge in [-0.2, -0.15) is 0 Å². The Morgan fingerprint density at radius 3 is 3.12 bits per heavy atom. The van der Waals surface area contributed by atoms with Gasteiger partial charge in [0.05, 0.1) is 12.4 Å². The number of hydrogen-bond acceptors (Lipinski definition) is 3. The zero-order chi connectivity index (χ0) is 11.7. The van der Waals surface area contributed by atoms with Crippen molar-refractivity contribution in [3.63, 3.8) is 0 Å². The van der Waals surface area contributed by atoms with Gasteiger partial charge in [0, 0.05) is 30.3 Å². The number of nitrogens with one attached hydrogen (secondary N) is 2. The number of nitrogens with zero attached hydrogens (tertiary/aromatic N) is 3. The SMILES string of the molecule is Cc1cnc(C2CCCN2Cc2cnc[nH]2)[nH]1. The molecule has 0 radical (unpaired) electrons. The van der Waals surface area contributed by atoms with E-state index in [0.717, 1.165) is 24.6 Å². The average Bonchev–Trinajstić information content (AvgIpc) is 2.99. The fourth-order valence-corrected chi connectivity index (χ4v) is 2.52. The van der Waals surface area contributed by atoms with Gasteiger partial charge in [-0.3, -0.25) is 4.90 Å². The Hall–Kier alpha value is -1.62. The van der Waals surface area contributed by atoms with Crippen LogP contribution in [0.15, 0.2) is 18.7 Å². The molecule has 5 nitrogen and oxygen atoms in total. The first kappa shape index (κ1) is 10.5. The first-order valence-electron chi connectivity index (χ1n) is 6.06. The molecule has 0 saturated carbocycles. The zero-order valence-corrected chi connectivity index (χ0v) is 9.98. The molecule has 2 aromatic heterocycles. The monoisotopic (exact) mass is 231 g/mol. The van der Waals surface area contributed by atoms with Crippen molar-refractivity contribution in [1.82, 2.24) is 24.8 Å². The summed E-state index contributed by atoms with van der Waals surface area (Å²) < 4.78 is 0. The first-order valence-corrected chi connectivity index (χ1v) is 6.06. The summed E-state index contributed by atoms with van der Waals surface area (Å²) in [5, 5.41) is 0. The largest absolute Gasteiger partial charge is 0.347 e. The first-order chi connectivity index (χ1) is 8.33. The predicted molar refractivity (Wildman–Crippen MR) is 64.3 cm³/mol. The van der Waals surface area contributed by atoms with Crippen molar-refractivity contribution in [2.24, 2.45) is 0 Å². The number of aromatic nitrogens is 4. The molecule has 1 fully saturated rings. The van der Waals surface area contributed by atoms with Crippen LogP contribution in [0.1, 0.15) is 36.1 Å². The summed E-state index contributed by atoms with van der Waals surface area (Å²) in [5.41, 5.74) is 2.30. The second kappa shape index (κ2) is 4.33. The molecule has 0 bridgehead atoms. The third kappa shape index (κ3) is 2.10. The number of H-pyrrole nitrogens is 2. The Labute approximate surface area is 100 Å². The molecule has 1 atom stereocenters. The standard InChI is InChI=1S/C12H17N5/c1-9-5-14-12(16-9)11-3-2-4-17(11)7-10-6-13-8-15-10/h5-6,8,11H,2-4,7H2,1H3,(H,13,15)(H,14,16). The number of aromatic amines is 2. The van der Waals surface area contributed by atoms with Gasteiger partial charge in [-0.1, -0.05) is 0 Å². The van der Waals surface area contributed by atoms with Gasteiger partial charge in [0.25, 0.3) is 0 Å². The van der Waals surface area contributed by atoms with Gasteiger partial charge >= 0.3 is 0 Å². The van der Waals surface area contributed by atoms with Gasteiger partial charge in [-0.15, -0.1) is 0 Å². The quantitative estimate of drug-likeness (QED) is 0.846. The second-order valence-corrected chi connectivity index (χ2v) is 4.66. The highest BCUT2D eigenvalue weighted by Crippen LogP contribution is 2.30. The molecule has 0 spiro atoms. The van der Waals surface area contributed by atoms with Crippen LogP contribution in [0.3, 0.4) is 0 Å². The molecule has 2 aromatic rings. The molecule has 90 valence electrons. The molecule has 0 amide bonds. The molecular formula is C12H17N5. The van der Waals surface area contributed by atoms with Crippen molar-refractivity contribution in [2.45, 2.75) is 32.4 Å². The lowest BCUT2D eigenvalue weighted by molar-refractivity contribution is 0.238. The van der Waals surface area contributed by atoms with E-state index in [2.05, 4.69) is 24.8 Å². The van der Waals surface area contributed by atoms with E-state index in [4.69, 9.17) is 0 Å². The van der Waals surface area contributed by atoms with E-state index < -0.39 is 0 Å². The van der Waals surface area contributed by atoms with E-state index in [1.54, 1.807) is 6.33 Å². The minimum absolute atomic E-state index is 0.423. The highest BCUT2D eigenvalue weighted by atomic mass is 15.2. The molecule has 1 aliphatic rings. The molecule has 1 saturated heterocycles. The Morgan fingerprint density at radius 2 is 2.41 bits per heavy atom. The van der Waals surface area contributed by atoms with E-state index in [9.17, 15) is 0 Å². The fourth-order valence-electron chi connectivity index (χ4n) is 2.52. The van der Waals surface area contributed by atoms with Crippen LogP contribution in [0.5, 0.6) is 0 Å². The van der Waals surface area contributed by atoms with Crippen LogP contribution in [0, 0.1) is 6.92 Å². The highest BCUT2D eigenvalue weighted by Gasteiger charge is 2.28. The average molecular weight is 231 g/mol. The molecule has 1 unspecified atom stereocenters. The zero-order valence-electron chi connectivity index (χ0n) is 9.98. The molecule has 2 N–H and O–H groups in total. The van der Waals surface area contributed by atoms with Crippen LogP contribution in [-0.4, -0.2) is 31.4 Å². The molecular weight excluding hydrogens is 214 g/mol. The highest BCUT2D eigenvalue weighted by molar-refractivity contribution is 5.06. The molecule has 0 aromatic carbocycles. The number of rotatable bonds is 3. The van der Waals surface area contributed by atoms with Crippen molar-refractivity contribution in [3.8, 4) is 0 Å². The summed E-state index contributed by atoms with van der Waals surface area (Å²) in [5.74, 6) is 1.10. The number of likely N-dealkylation sites (tertiary alicyclic amines) is 1. The van der Waals surface area contributed by atoms with Crippen LogP contribution in [0.25, 0.3) is 0 Å². The Balaban J connectivity index is 1.76. The topological polar surface area (TPSA) is 60.6 Å². The predicted octanol–water partition coefficient (Wildman–Crippen LogP) is 1.78. The maximum absolute atomic E-state index is 4.45. The van der Waals surface area contributed by atoms with E-state index in [0.29, 0.717) is 6.04 Å². The molecule has 0 aliphatic carbocycles. The lowest BCUT2D eigenvalue weighted by Gasteiger charge is -2.21. The smallest absolute Gasteiger partial charge is 0.123 e. The van der Waals surface area contributed by atoms with Gasteiger partial charge < -0.3 is 9.97 Å². The second-order valence-electron chi connectivity index (χ2n) is 4.66. The molecule has 1 aliphatic heterocycles. The molecule has 17 heavy (non-hydrogen) atoms. The lowest BCUT2D eigenvalue weighted by atomic mass is 10.2.